The number of likely N-dealkylation sites (tertiary alicyclic amines) is 1. The summed E-state index contributed by atoms with van der Waals surface area (Å²) in [6.45, 7) is 2.15. The van der Waals surface area contributed by atoms with E-state index in [-0.39, 0.29) is 5.91 Å². The Labute approximate surface area is 125 Å². The summed E-state index contributed by atoms with van der Waals surface area (Å²) in [5.41, 5.74) is -0.530. The van der Waals surface area contributed by atoms with Crippen molar-refractivity contribution >= 4 is 34.5 Å². The lowest BCUT2D eigenvalue weighted by atomic mass is 9.88. The lowest BCUT2D eigenvalue weighted by Gasteiger charge is -2.41. The molecule has 5 heteroatoms. The van der Waals surface area contributed by atoms with Crippen molar-refractivity contribution in [2.45, 2.75) is 31.7 Å². The number of piperidine rings is 1. The molecule has 1 aromatic rings. The number of nitrogens with zero attached hydrogens (tertiary/aromatic N) is 1. The molecule has 1 aromatic carbocycles. The minimum absolute atomic E-state index is 0.192. The Kier molecular flexibility index (Phi) is 4.13. The van der Waals surface area contributed by atoms with Gasteiger partial charge in [0, 0.05) is 15.7 Å². The quantitative estimate of drug-likeness (QED) is 0.812. The molecule has 1 heterocycles. The van der Waals surface area contributed by atoms with E-state index in [1.165, 1.54) is 4.90 Å². The van der Waals surface area contributed by atoms with E-state index in [2.05, 4.69) is 22.6 Å². The molecular formula is C14H16INO3. The molecule has 0 spiro atoms. The van der Waals surface area contributed by atoms with E-state index in [4.69, 9.17) is 0 Å². The van der Waals surface area contributed by atoms with Crippen molar-refractivity contribution in [2.24, 2.45) is 0 Å². The van der Waals surface area contributed by atoms with Crippen molar-refractivity contribution in [1.82, 2.24) is 4.90 Å². The summed E-state index contributed by atoms with van der Waals surface area (Å²) < 4.78 is 0.970. The molecule has 1 aliphatic rings. The molecule has 1 fully saturated rings. The van der Waals surface area contributed by atoms with Crippen LogP contribution in [0.2, 0.25) is 0 Å². The first-order chi connectivity index (χ1) is 8.95. The predicted molar refractivity (Wildman–Crippen MR) is 80.1 cm³/mol. The lowest BCUT2D eigenvalue weighted by molar-refractivity contribution is -0.150. The van der Waals surface area contributed by atoms with Gasteiger partial charge in [-0.25, -0.2) is 4.79 Å². The monoisotopic (exact) mass is 373 g/mol. The molecule has 1 amide bonds. The van der Waals surface area contributed by atoms with Gasteiger partial charge in [0.15, 0.2) is 0 Å². The molecule has 0 aliphatic carbocycles. The highest BCUT2D eigenvalue weighted by atomic mass is 127. The highest BCUT2D eigenvalue weighted by molar-refractivity contribution is 14.1. The van der Waals surface area contributed by atoms with E-state index in [1.54, 1.807) is 19.1 Å². The maximum absolute atomic E-state index is 12.5. The van der Waals surface area contributed by atoms with Gasteiger partial charge in [-0.2, -0.15) is 0 Å². The van der Waals surface area contributed by atoms with E-state index < -0.39 is 11.5 Å². The molecule has 1 unspecified atom stereocenters. The lowest BCUT2D eigenvalue weighted by Crippen LogP contribution is -2.57. The van der Waals surface area contributed by atoms with Crippen molar-refractivity contribution in [2.75, 3.05) is 6.54 Å². The number of carboxylic acid groups (broad SMARTS) is 1. The summed E-state index contributed by atoms with van der Waals surface area (Å²) in [6, 6.07) is 7.25. The van der Waals surface area contributed by atoms with E-state index in [0.717, 1.165) is 16.4 Å². The van der Waals surface area contributed by atoms with Gasteiger partial charge >= 0.3 is 5.97 Å². The van der Waals surface area contributed by atoms with Crippen molar-refractivity contribution < 1.29 is 14.7 Å². The molecule has 0 saturated carbocycles. The molecular weight excluding hydrogens is 357 g/mol. The average Bonchev–Trinajstić information content (AvgIpc) is 2.38. The maximum atomic E-state index is 12.5. The van der Waals surface area contributed by atoms with Crippen LogP contribution in [0.4, 0.5) is 0 Å². The van der Waals surface area contributed by atoms with E-state index >= 15 is 0 Å². The largest absolute Gasteiger partial charge is 0.480 e. The van der Waals surface area contributed by atoms with Crippen molar-refractivity contribution in [3.05, 3.63) is 33.4 Å². The van der Waals surface area contributed by atoms with Crippen molar-refractivity contribution in [1.29, 1.82) is 0 Å². The standard InChI is InChI=1S/C14H16INO3/c1-14(13(18)19)7-2-3-8-16(14)12(17)10-5-4-6-11(15)9-10/h4-6,9H,2-3,7-8H2,1H3,(H,18,19). The SMILES string of the molecule is CC1(C(=O)O)CCCCN1C(=O)c1cccc(I)c1. The zero-order valence-electron chi connectivity index (χ0n) is 10.7. The summed E-state index contributed by atoms with van der Waals surface area (Å²) in [7, 11) is 0. The number of halogens is 1. The van der Waals surface area contributed by atoms with Crippen LogP contribution in [-0.2, 0) is 4.79 Å². The van der Waals surface area contributed by atoms with Crippen LogP contribution < -0.4 is 0 Å². The molecule has 1 N–H and O–H groups in total. The minimum atomic E-state index is -1.09. The summed E-state index contributed by atoms with van der Waals surface area (Å²) in [5.74, 6) is -1.12. The van der Waals surface area contributed by atoms with Gasteiger partial charge in [-0.05, 0) is 67.0 Å². The number of carboxylic acids is 1. The molecule has 1 aliphatic heterocycles. The normalized spacial score (nSPS) is 23.2. The molecule has 1 atom stereocenters. The van der Waals surface area contributed by atoms with Crippen LogP contribution in [-0.4, -0.2) is 34.0 Å². The first-order valence-corrected chi connectivity index (χ1v) is 7.34. The fourth-order valence-corrected chi connectivity index (χ4v) is 2.99. The molecule has 2 rings (SSSR count). The van der Waals surface area contributed by atoms with Crippen LogP contribution in [0.25, 0.3) is 0 Å². The predicted octanol–water partition coefficient (Wildman–Crippen LogP) is 2.76. The molecule has 0 radical (unpaired) electrons. The van der Waals surface area contributed by atoms with E-state index in [9.17, 15) is 14.7 Å². The second-order valence-corrected chi connectivity index (χ2v) is 6.25. The maximum Gasteiger partial charge on any atom is 0.329 e. The Hall–Kier alpha value is -1.11. The molecule has 0 aromatic heterocycles. The third-order valence-electron chi connectivity index (χ3n) is 3.67. The zero-order chi connectivity index (χ0) is 14.0. The number of benzene rings is 1. The number of amides is 1. The highest BCUT2D eigenvalue weighted by Gasteiger charge is 2.44. The molecule has 19 heavy (non-hydrogen) atoms. The van der Waals surface area contributed by atoms with Crippen LogP contribution in [0.1, 0.15) is 36.5 Å². The second-order valence-electron chi connectivity index (χ2n) is 5.00. The number of hydrogen-bond acceptors (Lipinski definition) is 2. The summed E-state index contributed by atoms with van der Waals surface area (Å²) >= 11 is 2.14. The van der Waals surface area contributed by atoms with Crippen LogP contribution in [0.15, 0.2) is 24.3 Å². The Morgan fingerprint density at radius 1 is 1.37 bits per heavy atom. The Balaban J connectivity index is 2.33. The number of aliphatic carboxylic acids is 1. The zero-order valence-corrected chi connectivity index (χ0v) is 12.9. The topological polar surface area (TPSA) is 57.6 Å². The van der Waals surface area contributed by atoms with Crippen LogP contribution >= 0.6 is 22.6 Å². The van der Waals surface area contributed by atoms with Crippen LogP contribution in [0.3, 0.4) is 0 Å². The van der Waals surface area contributed by atoms with Gasteiger partial charge in [0.2, 0.25) is 0 Å². The first kappa shape index (κ1) is 14.3. The number of rotatable bonds is 2. The Bertz CT molecular complexity index is 517. The van der Waals surface area contributed by atoms with Crippen LogP contribution in [0.5, 0.6) is 0 Å². The third kappa shape index (κ3) is 2.75. The van der Waals surface area contributed by atoms with Gasteiger partial charge in [-0.3, -0.25) is 4.79 Å². The smallest absolute Gasteiger partial charge is 0.329 e. The molecule has 1 saturated heterocycles. The van der Waals surface area contributed by atoms with Gasteiger partial charge in [0.1, 0.15) is 5.54 Å². The number of hydrogen-bond donors (Lipinski definition) is 1. The van der Waals surface area contributed by atoms with Gasteiger partial charge in [-0.15, -0.1) is 0 Å². The van der Waals surface area contributed by atoms with Gasteiger partial charge in [0.25, 0.3) is 5.91 Å². The summed E-state index contributed by atoms with van der Waals surface area (Å²) in [5, 5.41) is 9.42. The average molecular weight is 373 g/mol. The van der Waals surface area contributed by atoms with Crippen molar-refractivity contribution in [3.8, 4) is 0 Å². The van der Waals surface area contributed by atoms with E-state index in [1.807, 2.05) is 12.1 Å². The fraction of sp³-hybridized carbons (Fsp3) is 0.429. The molecule has 0 bridgehead atoms. The second kappa shape index (κ2) is 5.48. The Morgan fingerprint density at radius 3 is 2.74 bits per heavy atom. The van der Waals surface area contributed by atoms with Gasteiger partial charge < -0.3 is 10.0 Å². The number of carbonyl (C=O) groups excluding carboxylic acids is 1. The van der Waals surface area contributed by atoms with Crippen molar-refractivity contribution in [3.63, 3.8) is 0 Å². The Morgan fingerprint density at radius 2 is 2.11 bits per heavy atom. The fourth-order valence-electron chi connectivity index (χ4n) is 2.45. The van der Waals surface area contributed by atoms with Crippen LogP contribution in [0, 0.1) is 3.57 Å². The summed E-state index contributed by atoms with van der Waals surface area (Å²) in [4.78, 5) is 25.5. The summed E-state index contributed by atoms with van der Waals surface area (Å²) in [6.07, 6.45) is 2.22. The third-order valence-corrected chi connectivity index (χ3v) is 4.34. The van der Waals surface area contributed by atoms with Gasteiger partial charge in [-0.1, -0.05) is 6.07 Å². The molecule has 102 valence electrons. The number of carbonyl (C=O) groups is 2. The van der Waals surface area contributed by atoms with Gasteiger partial charge in [0.05, 0.1) is 0 Å². The van der Waals surface area contributed by atoms with E-state index in [0.29, 0.717) is 18.5 Å². The molecule has 4 nitrogen and oxygen atoms in total. The first-order valence-electron chi connectivity index (χ1n) is 6.26. The highest BCUT2D eigenvalue weighted by Crippen LogP contribution is 2.30. The minimum Gasteiger partial charge on any atom is -0.480 e.